The molecule has 1 atom stereocenters. The van der Waals surface area contributed by atoms with E-state index in [1.807, 2.05) is 36.4 Å². The molecule has 1 unspecified atom stereocenters. The van der Waals surface area contributed by atoms with Gasteiger partial charge in [-0.25, -0.2) is 0 Å². The van der Waals surface area contributed by atoms with Crippen molar-refractivity contribution in [3.05, 3.63) is 76.4 Å². The summed E-state index contributed by atoms with van der Waals surface area (Å²) in [5, 5.41) is 9.61. The van der Waals surface area contributed by atoms with E-state index < -0.39 is 17.9 Å². The Morgan fingerprint density at radius 3 is 2.33 bits per heavy atom. The molecule has 6 nitrogen and oxygen atoms in total. The summed E-state index contributed by atoms with van der Waals surface area (Å²) in [4.78, 5) is 27.5. The van der Waals surface area contributed by atoms with Crippen LogP contribution >= 0.6 is 0 Å². The van der Waals surface area contributed by atoms with Gasteiger partial charge in [0.25, 0.3) is 11.8 Å². The molecule has 2 aromatic carbocycles. The average Bonchev–Trinajstić information content (AvgIpc) is 2.77. The molecule has 2 aromatic rings. The Hall–Kier alpha value is -3.85. The molecule has 0 bridgehead atoms. The molecule has 0 aromatic heterocycles. The third-order valence-corrected chi connectivity index (χ3v) is 5.18. The van der Waals surface area contributed by atoms with Gasteiger partial charge in [0.05, 0.1) is 20.3 Å². The lowest BCUT2D eigenvalue weighted by Gasteiger charge is -2.32. The van der Waals surface area contributed by atoms with Gasteiger partial charge in [-0.1, -0.05) is 30.3 Å². The van der Waals surface area contributed by atoms with Crippen LogP contribution in [-0.4, -0.2) is 30.9 Å². The number of hydrogen-bond donors (Lipinski definition) is 0. The largest absolute Gasteiger partial charge is 0.497 e. The van der Waals surface area contributed by atoms with Gasteiger partial charge in [-0.05, 0) is 43.2 Å². The summed E-state index contributed by atoms with van der Waals surface area (Å²) in [7, 11) is 3.08. The Morgan fingerprint density at radius 1 is 1.03 bits per heavy atom. The van der Waals surface area contributed by atoms with Crippen LogP contribution in [0.2, 0.25) is 0 Å². The lowest BCUT2D eigenvalue weighted by atomic mass is 9.91. The maximum absolute atomic E-state index is 13.4. The Balaban J connectivity index is 2.14. The number of nitriles is 1. The highest BCUT2D eigenvalue weighted by atomic mass is 16.5. The Morgan fingerprint density at radius 2 is 1.73 bits per heavy atom. The Kier molecular flexibility index (Phi) is 6.03. The van der Waals surface area contributed by atoms with Crippen LogP contribution in [-0.2, 0) is 9.59 Å². The number of rotatable bonds is 5. The van der Waals surface area contributed by atoms with Crippen LogP contribution in [0, 0.1) is 11.3 Å². The van der Waals surface area contributed by atoms with Gasteiger partial charge in [-0.2, -0.15) is 5.26 Å². The zero-order valence-corrected chi connectivity index (χ0v) is 17.3. The van der Waals surface area contributed by atoms with E-state index >= 15 is 0 Å². The van der Waals surface area contributed by atoms with E-state index in [1.54, 1.807) is 45.2 Å². The highest BCUT2D eigenvalue weighted by molar-refractivity contribution is 6.20. The molecule has 152 valence electrons. The topological polar surface area (TPSA) is 79.6 Å². The van der Waals surface area contributed by atoms with E-state index in [0.717, 1.165) is 10.5 Å². The molecule has 0 radical (unpaired) electrons. The fourth-order valence-electron chi connectivity index (χ4n) is 3.43. The highest BCUT2D eigenvalue weighted by Gasteiger charge is 2.38. The zero-order chi connectivity index (χ0) is 21.8. The second-order valence-corrected chi connectivity index (χ2v) is 6.84. The van der Waals surface area contributed by atoms with Gasteiger partial charge < -0.3 is 9.47 Å². The zero-order valence-electron chi connectivity index (χ0n) is 17.3. The fourth-order valence-corrected chi connectivity index (χ4v) is 3.43. The fraction of sp³-hybridized carbons (Fsp3) is 0.208. The number of carbonyl (C=O) groups is 2. The SMILES string of the molecule is COc1ccc(/C=C2/C(=O)N(C(C)c3ccccc3)C(=O)C(C#N)=C2C)c(OC)c1. The van der Waals surface area contributed by atoms with Crippen LogP contribution < -0.4 is 9.47 Å². The molecule has 0 saturated heterocycles. The van der Waals surface area contributed by atoms with Crippen molar-refractivity contribution >= 4 is 17.9 Å². The number of methoxy groups -OCH3 is 2. The van der Waals surface area contributed by atoms with Gasteiger partial charge in [0.1, 0.15) is 23.1 Å². The van der Waals surface area contributed by atoms with Gasteiger partial charge in [-0.3, -0.25) is 14.5 Å². The molecule has 0 N–H and O–H groups in total. The summed E-state index contributed by atoms with van der Waals surface area (Å²) in [6.45, 7) is 3.38. The monoisotopic (exact) mass is 402 g/mol. The predicted octanol–water partition coefficient (Wildman–Crippen LogP) is 4.06. The number of ether oxygens (including phenoxy) is 2. The van der Waals surface area contributed by atoms with Gasteiger partial charge in [-0.15, -0.1) is 0 Å². The first kappa shape index (κ1) is 20.9. The minimum Gasteiger partial charge on any atom is -0.497 e. The van der Waals surface area contributed by atoms with Crippen molar-refractivity contribution in [3.63, 3.8) is 0 Å². The molecule has 1 aliphatic heterocycles. The minimum absolute atomic E-state index is 0.0453. The normalized spacial score (nSPS) is 16.5. The van der Waals surface area contributed by atoms with Crippen molar-refractivity contribution < 1.29 is 19.1 Å². The van der Waals surface area contributed by atoms with E-state index in [-0.39, 0.29) is 11.1 Å². The first-order valence-electron chi connectivity index (χ1n) is 9.40. The third kappa shape index (κ3) is 3.70. The maximum atomic E-state index is 13.4. The summed E-state index contributed by atoms with van der Waals surface area (Å²) in [6.07, 6.45) is 1.64. The Bertz CT molecular complexity index is 1090. The standard InChI is InChI=1S/C24H22N2O4/c1-15-20(12-18-10-11-19(29-3)13-22(18)30-4)23(27)26(24(28)21(15)14-25)16(2)17-8-6-5-7-9-17/h5-13,16H,1-4H3/b20-12+. The number of amides is 2. The number of nitrogens with zero attached hydrogens (tertiary/aromatic N) is 2. The molecule has 0 aliphatic carbocycles. The number of carbonyl (C=O) groups excluding carboxylic acids is 2. The lowest BCUT2D eigenvalue weighted by Crippen LogP contribution is -2.44. The van der Waals surface area contributed by atoms with E-state index in [9.17, 15) is 14.9 Å². The summed E-state index contributed by atoms with van der Waals surface area (Å²) in [6, 6.07) is 15.9. The van der Waals surface area contributed by atoms with Gasteiger partial charge in [0, 0.05) is 17.2 Å². The van der Waals surface area contributed by atoms with Crippen LogP contribution in [0.4, 0.5) is 0 Å². The van der Waals surface area contributed by atoms with Crippen LogP contribution in [0.5, 0.6) is 11.5 Å². The molecule has 1 aliphatic rings. The van der Waals surface area contributed by atoms with Gasteiger partial charge >= 0.3 is 0 Å². The van der Waals surface area contributed by atoms with E-state index in [1.165, 1.54) is 7.11 Å². The number of imide groups is 1. The Labute approximate surface area is 175 Å². The first-order chi connectivity index (χ1) is 14.4. The van der Waals surface area contributed by atoms with Crippen molar-refractivity contribution in [3.8, 4) is 17.6 Å². The van der Waals surface area contributed by atoms with E-state index in [0.29, 0.717) is 22.6 Å². The highest BCUT2D eigenvalue weighted by Crippen LogP contribution is 2.34. The van der Waals surface area contributed by atoms with Crippen molar-refractivity contribution in [2.45, 2.75) is 19.9 Å². The summed E-state index contributed by atoms with van der Waals surface area (Å²) >= 11 is 0. The lowest BCUT2D eigenvalue weighted by molar-refractivity contribution is -0.143. The molecule has 0 saturated carbocycles. The molecule has 1 heterocycles. The molecule has 30 heavy (non-hydrogen) atoms. The number of benzene rings is 2. The van der Waals surface area contributed by atoms with Crippen LogP contribution in [0.1, 0.15) is 31.0 Å². The average molecular weight is 402 g/mol. The quantitative estimate of drug-likeness (QED) is 0.557. The van der Waals surface area contributed by atoms with Crippen LogP contribution in [0.15, 0.2) is 65.3 Å². The molecule has 2 amide bonds. The van der Waals surface area contributed by atoms with Crippen LogP contribution in [0.25, 0.3) is 6.08 Å². The molecular formula is C24H22N2O4. The summed E-state index contributed by atoms with van der Waals surface area (Å²) in [5.41, 5.74) is 2.02. The van der Waals surface area contributed by atoms with Gasteiger partial charge in [0.15, 0.2) is 0 Å². The van der Waals surface area contributed by atoms with Crippen molar-refractivity contribution in [1.82, 2.24) is 4.90 Å². The smallest absolute Gasteiger partial charge is 0.272 e. The summed E-state index contributed by atoms with van der Waals surface area (Å²) in [5.74, 6) is 0.0879. The third-order valence-electron chi connectivity index (χ3n) is 5.18. The molecule has 0 fully saturated rings. The van der Waals surface area contributed by atoms with Crippen molar-refractivity contribution in [2.24, 2.45) is 0 Å². The van der Waals surface area contributed by atoms with Crippen molar-refractivity contribution in [1.29, 1.82) is 5.26 Å². The molecule has 3 rings (SSSR count). The van der Waals surface area contributed by atoms with E-state index in [4.69, 9.17) is 9.47 Å². The number of hydrogen-bond acceptors (Lipinski definition) is 5. The van der Waals surface area contributed by atoms with Gasteiger partial charge in [0.2, 0.25) is 0 Å². The second kappa shape index (κ2) is 8.66. The minimum atomic E-state index is -0.588. The van der Waals surface area contributed by atoms with Crippen LogP contribution in [0.3, 0.4) is 0 Å². The second-order valence-electron chi connectivity index (χ2n) is 6.84. The molecular weight excluding hydrogens is 380 g/mol. The maximum Gasteiger partial charge on any atom is 0.272 e. The predicted molar refractivity (Wildman–Crippen MR) is 113 cm³/mol. The van der Waals surface area contributed by atoms with Crippen molar-refractivity contribution in [2.75, 3.05) is 14.2 Å². The molecule has 0 spiro atoms. The molecule has 6 heteroatoms. The summed E-state index contributed by atoms with van der Waals surface area (Å²) < 4.78 is 10.6. The first-order valence-corrected chi connectivity index (χ1v) is 9.40. The van der Waals surface area contributed by atoms with E-state index in [2.05, 4.69) is 0 Å².